The molecule has 0 radical (unpaired) electrons. The van der Waals surface area contributed by atoms with Gasteiger partial charge in [-0.2, -0.15) is 0 Å². The fourth-order valence-electron chi connectivity index (χ4n) is 1.37. The fourth-order valence-corrected chi connectivity index (χ4v) is 1.37. The smallest absolute Gasteiger partial charge is 0.408 e. The number of amides is 1. The van der Waals surface area contributed by atoms with Crippen molar-refractivity contribution in [3.63, 3.8) is 0 Å². The molecule has 0 saturated carbocycles. The van der Waals surface area contributed by atoms with Crippen LogP contribution in [0.25, 0.3) is 0 Å². The minimum absolute atomic E-state index is 0.318. The largest absolute Gasteiger partial charge is 0.480 e. The van der Waals surface area contributed by atoms with E-state index in [1.807, 2.05) is 0 Å². The van der Waals surface area contributed by atoms with Crippen molar-refractivity contribution in [2.75, 3.05) is 6.54 Å². The topological polar surface area (TPSA) is 102 Å². The first-order chi connectivity index (χ1) is 8.10. The lowest BCUT2D eigenvalue weighted by molar-refractivity contribution is -0.144. The molecule has 0 aromatic carbocycles. The lowest BCUT2D eigenvalue weighted by Gasteiger charge is -2.28. The molecule has 0 fully saturated rings. The van der Waals surface area contributed by atoms with Crippen LogP contribution >= 0.6 is 0 Å². The molecular formula is C12H24N2O4. The summed E-state index contributed by atoms with van der Waals surface area (Å²) in [4.78, 5) is 22.8. The van der Waals surface area contributed by atoms with Gasteiger partial charge in [-0.25, -0.2) is 9.59 Å². The molecule has 0 bridgehead atoms. The monoisotopic (exact) mass is 260 g/mol. The van der Waals surface area contributed by atoms with Crippen LogP contribution in [0.5, 0.6) is 0 Å². The Bertz CT molecular complexity index is 299. The summed E-state index contributed by atoms with van der Waals surface area (Å²) in [5, 5.41) is 11.6. The number of alkyl carbamates (subject to hydrolysis) is 1. The third-order valence-corrected chi connectivity index (χ3v) is 2.38. The van der Waals surface area contributed by atoms with E-state index in [4.69, 9.17) is 10.5 Å². The van der Waals surface area contributed by atoms with Gasteiger partial charge >= 0.3 is 12.1 Å². The number of unbranched alkanes of at least 4 members (excludes halogenated alkanes) is 1. The van der Waals surface area contributed by atoms with E-state index >= 15 is 0 Å². The molecule has 1 atom stereocenters. The fraction of sp³-hybridized carbons (Fsp3) is 0.833. The van der Waals surface area contributed by atoms with Gasteiger partial charge in [-0.1, -0.05) is 0 Å². The second-order valence-corrected chi connectivity index (χ2v) is 5.51. The van der Waals surface area contributed by atoms with Gasteiger partial charge in [-0.15, -0.1) is 0 Å². The third-order valence-electron chi connectivity index (χ3n) is 2.38. The van der Waals surface area contributed by atoms with Crippen molar-refractivity contribution in [1.82, 2.24) is 5.32 Å². The average molecular weight is 260 g/mol. The summed E-state index contributed by atoms with van der Waals surface area (Å²) in [6.45, 7) is 7.13. The first-order valence-electron chi connectivity index (χ1n) is 6.05. The molecular weight excluding hydrogens is 236 g/mol. The Morgan fingerprint density at radius 2 is 1.78 bits per heavy atom. The summed E-state index contributed by atoms with van der Waals surface area (Å²) < 4.78 is 5.05. The van der Waals surface area contributed by atoms with Crippen molar-refractivity contribution in [2.45, 2.75) is 58.1 Å². The molecule has 0 aliphatic heterocycles. The van der Waals surface area contributed by atoms with Crippen molar-refractivity contribution >= 4 is 12.1 Å². The molecule has 4 N–H and O–H groups in total. The molecule has 106 valence electrons. The molecule has 0 saturated heterocycles. The van der Waals surface area contributed by atoms with Crippen LogP contribution in [0.2, 0.25) is 0 Å². The number of hydrogen-bond donors (Lipinski definition) is 3. The number of carboxylic acid groups (broad SMARTS) is 1. The van der Waals surface area contributed by atoms with E-state index < -0.39 is 23.2 Å². The number of nitrogens with one attached hydrogen (secondary N) is 1. The Kier molecular flexibility index (Phi) is 6.11. The summed E-state index contributed by atoms with van der Waals surface area (Å²) >= 11 is 0. The Labute approximate surface area is 108 Å². The molecule has 0 aliphatic rings. The van der Waals surface area contributed by atoms with Gasteiger partial charge in [0.2, 0.25) is 0 Å². The van der Waals surface area contributed by atoms with Gasteiger partial charge in [-0.05, 0) is 53.5 Å². The number of carboxylic acids is 1. The van der Waals surface area contributed by atoms with Crippen LogP contribution in [0, 0.1) is 0 Å². The average Bonchev–Trinajstić information content (AvgIpc) is 2.14. The van der Waals surface area contributed by atoms with Crippen LogP contribution in [-0.2, 0) is 9.53 Å². The number of rotatable bonds is 6. The maximum atomic E-state index is 11.6. The Hall–Kier alpha value is -1.30. The molecule has 6 nitrogen and oxygen atoms in total. The summed E-state index contributed by atoms with van der Waals surface area (Å²) in [5.74, 6) is -1.08. The third kappa shape index (κ3) is 6.44. The van der Waals surface area contributed by atoms with Gasteiger partial charge in [0.25, 0.3) is 0 Å². The maximum absolute atomic E-state index is 11.6. The summed E-state index contributed by atoms with van der Waals surface area (Å²) in [7, 11) is 0. The zero-order chi connectivity index (χ0) is 14.4. The standard InChI is InChI=1S/C12H24N2O4/c1-11(2,3)18-10(17)14-12(4,9(15)16)7-5-6-8-13/h5-8,13H2,1-4H3,(H,14,17)(H,15,16)/t12-/m0/s1. The molecule has 1 amide bonds. The molecule has 0 unspecified atom stereocenters. The van der Waals surface area contributed by atoms with E-state index in [1.54, 1.807) is 20.8 Å². The van der Waals surface area contributed by atoms with Gasteiger partial charge < -0.3 is 20.9 Å². The number of hydrogen-bond acceptors (Lipinski definition) is 4. The minimum atomic E-state index is -1.32. The van der Waals surface area contributed by atoms with Crippen molar-refractivity contribution in [2.24, 2.45) is 5.73 Å². The van der Waals surface area contributed by atoms with Crippen LogP contribution in [0.4, 0.5) is 4.79 Å². The quantitative estimate of drug-likeness (QED) is 0.628. The predicted octanol–water partition coefficient (Wildman–Crippen LogP) is 1.48. The van der Waals surface area contributed by atoms with Gasteiger partial charge in [0, 0.05) is 0 Å². The highest BCUT2D eigenvalue weighted by molar-refractivity contribution is 5.83. The summed E-state index contributed by atoms with van der Waals surface area (Å²) in [6, 6.07) is 0. The van der Waals surface area contributed by atoms with Crippen LogP contribution in [0.15, 0.2) is 0 Å². The van der Waals surface area contributed by atoms with Crippen molar-refractivity contribution in [3.05, 3.63) is 0 Å². The molecule has 0 aliphatic carbocycles. The van der Waals surface area contributed by atoms with Gasteiger partial charge in [0.15, 0.2) is 0 Å². The van der Waals surface area contributed by atoms with Crippen LogP contribution in [0.3, 0.4) is 0 Å². The van der Waals surface area contributed by atoms with Crippen molar-refractivity contribution in [1.29, 1.82) is 0 Å². The lowest BCUT2D eigenvalue weighted by Crippen LogP contribution is -2.53. The minimum Gasteiger partial charge on any atom is -0.480 e. The first kappa shape index (κ1) is 16.7. The van der Waals surface area contributed by atoms with Crippen molar-refractivity contribution < 1.29 is 19.4 Å². The summed E-state index contributed by atoms with van der Waals surface area (Å²) in [6.07, 6.45) is 0.951. The van der Waals surface area contributed by atoms with E-state index in [2.05, 4.69) is 5.32 Å². The van der Waals surface area contributed by atoms with E-state index in [0.717, 1.165) is 6.42 Å². The van der Waals surface area contributed by atoms with Gasteiger partial charge in [-0.3, -0.25) is 0 Å². The van der Waals surface area contributed by atoms with Crippen LogP contribution < -0.4 is 11.1 Å². The first-order valence-corrected chi connectivity index (χ1v) is 6.05. The molecule has 0 aromatic heterocycles. The number of aliphatic carboxylic acids is 1. The molecule has 0 aromatic rings. The van der Waals surface area contributed by atoms with Crippen LogP contribution in [-0.4, -0.2) is 34.9 Å². The van der Waals surface area contributed by atoms with Gasteiger partial charge in [0.05, 0.1) is 0 Å². The normalized spacial score (nSPS) is 14.7. The Morgan fingerprint density at radius 3 is 2.17 bits per heavy atom. The highest BCUT2D eigenvalue weighted by atomic mass is 16.6. The Morgan fingerprint density at radius 1 is 1.22 bits per heavy atom. The highest BCUT2D eigenvalue weighted by Gasteiger charge is 2.35. The summed E-state index contributed by atoms with van der Waals surface area (Å²) in [5.41, 5.74) is 3.39. The molecule has 18 heavy (non-hydrogen) atoms. The molecule has 6 heteroatoms. The zero-order valence-electron chi connectivity index (χ0n) is 11.6. The number of carbonyl (C=O) groups excluding carboxylic acids is 1. The number of ether oxygens (including phenoxy) is 1. The molecule has 0 spiro atoms. The number of nitrogens with two attached hydrogens (primary N) is 1. The molecule has 0 heterocycles. The van der Waals surface area contributed by atoms with E-state index in [0.29, 0.717) is 19.4 Å². The van der Waals surface area contributed by atoms with Gasteiger partial charge in [0.1, 0.15) is 11.1 Å². The second kappa shape index (κ2) is 6.58. The highest BCUT2D eigenvalue weighted by Crippen LogP contribution is 2.16. The van der Waals surface area contributed by atoms with Crippen LogP contribution in [0.1, 0.15) is 47.0 Å². The molecule has 0 rings (SSSR count). The zero-order valence-corrected chi connectivity index (χ0v) is 11.6. The van der Waals surface area contributed by atoms with E-state index in [9.17, 15) is 14.7 Å². The Balaban J connectivity index is 4.51. The second-order valence-electron chi connectivity index (χ2n) is 5.51. The van der Waals surface area contributed by atoms with Crippen molar-refractivity contribution in [3.8, 4) is 0 Å². The van der Waals surface area contributed by atoms with E-state index in [-0.39, 0.29) is 0 Å². The SMILES string of the molecule is CC(C)(C)OC(=O)N[C@@](C)(CCCCN)C(=O)O. The lowest BCUT2D eigenvalue weighted by atomic mass is 9.95. The predicted molar refractivity (Wildman–Crippen MR) is 68.3 cm³/mol. The maximum Gasteiger partial charge on any atom is 0.408 e. The van der Waals surface area contributed by atoms with E-state index in [1.165, 1.54) is 6.92 Å². The number of carbonyl (C=O) groups is 2.